The molecule has 0 bridgehead atoms. The van der Waals surface area contributed by atoms with E-state index < -0.39 is 0 Å². The van der Waals surface area contributed by atoms with Gasteiger partial charge in [-0.2, -0.15) is 0 Å². The molecule has 0 aliphatic carbocycles. The first kappa shape index (κ1) is 12.1. The van der Waals surface area contributed by atoms with Crippen molar-refractivity contribution in [1.29, 1.82) is 0 Å². The maximum Gasteiger partial charge on any atom is 0.185 e. The van der Waals surface area contributed by atoms with Crippen LogP contribution in [0.3, 0.4) is 0 Å². The van der Waals surface area contributed by atoms with Crippen LogP contribution in [-0.4, -0.2) is 10.9 Å². The van der Waals surface area contributed by atoms with Gasteiger partial charge in [-0.25, -0.2) is 0 Å². The normalized spacial score (nSPS) is 10.7. The molecule has 2 heteroatoms. The highest BCUT2D eigenvalue weighted by atomic mass is 16.3. The van der Waals surface area contributed by atoms with E-state index in [9.17, 15) is 9.90 Å². The predicted molar refractivity (Wildman–Crippen MR) is 72.7 cm³/mol. The Labute approximate surface area is 106 Å². The lowest BCUT2D eigenvalue weighted by molar-refractivity contribution is 0.104. The summed E-state index contributed by atoms with van der Waals surface area (Å²) in [5, 5.41) is 9.57. The van der Waals surface area contributed by atoms with E-state index in [0.717, 1.165) is 5.56 Å². The van der Waals surface area contributed by atoms with Gasteiger partial charge in [0.2, 0.25) is 0 Å². The highest BCUT2D eigenvalue weighted by Gasteiger charge is 2.01. The molecule has 18 heavy (non-hydrogen) atoms. The first-order valence-electron chi connectivity index (χ1n) is 5.74. The fourth-order valence-corrected chi connectivity index (χ4v) is 1.61. The van der Waals surface area contributed by atoms with E-state index >= 15 is 0 Å². The molecule has 0 spiro atoms. The lowest BCUT2D eigenvalue weighted by Gasteiger charge is -1.98. The van der Waals surface area contributed by atoms with E-state index in [1.165, 1.54) is 6.08 Å². The monoisotopic (exact) mass is 238 g/mol. The molecule has 90 valence electrons. The Hall–Kier alpha value is -2.35. The smallest absolute Gasteiger partial charge is 0.185 e. The molecule has 0 unspecified atom stereocenters. The molecule has 1 N–H and O–H groups in total. The molecule has 2 aromatic rings. The molecule has 0 saturated carbocycles. The largest absolute Gasteiger partial charge is 0.507 e. The number of allylic oxidation sites excluding steroid dienone is 1. The zero-order valence-corrected chi connectivity index (χ0v) is 10.1. The number of hydrogen-bond donors (Lipinski definition) is 1. The van der Waals surface area contributed by atoms with Gasteiger partial charge in [-0.05, 0) is 25.1 Å². The highest BCUT2D eigenvalue weighted by Crippen LogP contribution is 2.17. The molecule has 0 radical (unpaired) electrons. The summed E-state index contributed by atoms with van der Waals surface area (Å²) in [4.78, 5) is 11.9. The van der Waals surface area contributed by atoms with E-state index in [-0.39, 0.29) is 11.5 Å². The zero-order chi connectivity index (χ0) is 13.0. The van der Waals surface area contributed by atoms with Crippen LogP contribution in [0.5, 0.6) is 5.75 Å². The molecule has 2 aromatic carbocycles. The minimum atomic E-state index is -0.0711. The summed E-state index contributed by atoms with van der Waals surface area (Å²) >= 11 is 0. The Balaban J connectivity index is 2.17. The number of para-hydroxylation sites is 1. The Morgan fingerprint density at radius 1 is 1.06 bits per heavy atom. The number of carbonyl (C=O) groups is 1. The maximum atomic E-state index is 11.9. The quantitative estimate of drug-likeness (QED) is 0.655. The SMILES string of the molecule is Cc1ccc(C(=O)/C=C/c2ccccc2O)cc1. The van der Waals surface area contributed by atoms with Gasteiger partial charge >= 0.3 is 0 Å². The van der Waals surface area contributed by atoms with Gasteiger partial charge in [0.25, 0.3) is 0 Å². The van der Waals surface area contributed by atoms with Crippen LogP contribution in [-0.2, 0) is 0 Å². The second kappa shape index (κ2) is 5.32. The van der Waals surface area contributed by atoms with Gasteiger partial charge in [0.15, 0.2) is 5.78 Å². The summed E-state index contributed by atoms with van der Waals surface area (Å²) in [6.07, 6.45) is 3.09. The number of aromatic hydroxyl groups is 1. The standard InChI is InChI=1S/C16H14O2/c1-12-6-8-14(9-7-12)16(18)11-10-13-4-2-3-5-15(13)17/h2-11,17H,1H3/b11-10+. The second-order valence-electron chi connectivity index (χ2n) is 4.12. The molecular formula is C16H14O2. The molecule has 2 nitrogen and oxygen atoms in total. The summed E-state index contributed by atoms with van der Waals surface area (Å²) in [7, 11) is 0. The van der Waals surface area contributed by atoms with Crippen molar-refractivity contribution in [3.63, 3.8) is 0 Å². The number of carbonyl (C=O) groups excluding carboxylic acids is 1. The number of rotatable bonds is 3. The Morgan fingerprint density at radius 2 is 1.72 bits per heavy atom. The van der Waals surface area contributed by atoms with Crippen molar-refractivity contribution in [3.8, 4) is 5.75 Å². The van der Waals surface area contributed by atoms with Crippen LogP contribution in [0.4, 0.5) is 0 Å². The fourth-order valence-electron chi connectivity index (χ4n) is 1.61. The molecule has 0 heterocycles. The molecule has 0 aliphatic heterocycles. The van der Waals surface area contributed by atoms with Gasteiger partial charge in [0.1, 0.15) is 5.75 Å². The van der Waals surface area contributed by atoms with Crippen molar-refractivity contribution < 1.29 is 9.90 Å². The number of aryl methyl sites for hydroxylation is 1. The third-order valence-electron chi connectivity index (χ3n) is 2.69. The van der Waals surface area contributed by atoms with Crippen LogP contribution in [0.15, 0.2) is 54.6 Å². The molecule has 0 atom stereocenters. The van der Waals surface area contributed by atoms with Crippen molar-refractivity contribution in [1.82, 2.24) is 0 Å². The van der Waals surface area contributed by atoms with Gasteiger partial charge in [0.05, 0.1) is 0 Å². The molecule has 0 aromatic heterocycles. The first-order valence-corrected chi connectivity index (χ1v) is 5.74. The topological polar surface area (TPSA) is 37.3 Å². The van der Waals surface area contributed by atoms with E-state index in [1.54, 1.807) is 36.4 Å². The van der Waals surface area contributed by atoms with Crippen molar-refractivity contribution in [2.75, 3.05) is 0 Å². The number of phenolic OH excluding ortho intramolecular Hbond substituents is 1. The molecular weight excluding hydrogens is 224 g/mol. The van der Waals surface area contributed by atoms with Crippen LogP contribution in [0.1, 0.15) is 21.5 Å². The molecule has 0 aliphatic rings. The third kappa shape index (κ3) is 2.86. The van der Waals surface area contributed by atoms with Crippen LogP contribution < -0.4 is 0 Å². The number of ketones is 1. The lowest BCUT2D eigenvalue weighted by atomic mass is 10.1. The Bertz CT molecular complexity index is 580. The third-order valence-corrected chi connectivity index (χ3v) is 2.69. The summed E-state index contributed by atoms with van der Waals surface area (Å²) < 4.78 is 0. The minimum Gasteiger partial charge on any atom is -0.507 e. The van der Waals surface area contributed by atoms with E-state index in [0.29, 0.717) is 11.1 Å². The molecule has 0 saturated heterocycles. The van der Waals surface area contributed by atoms with E-state index in [2.05, 4.69) is 0 Å². The van der Waals surface area contributed by atoms with E-state index in [4.69, 9.17) is 0 Å². The van der Waals surface area contributed by atoms with Gasteiger partial charge in [-0.3, -0.25) is 4.79 Å². The second-order valence-corrected chi connectivity index (χ2v) is 4.12. The summed E-state index contributed by atoms with van der Waals surface area (Å²) in [5.41, 5.74) is 2.40. The van der Waals surface area contributed by atoms with Gasteiger partial charge < -0.3 is 5.11 Å². The van der Waals surface area contributed by atoms with Gasteiger partial charge in [0, 0.05) is 11.1 Å². The summed E-state index contributed by atoms with van der Waals surface area (Å²) in [6, 6.07) is 14.3. The van der Waals surface area contributed by atoms with Gasteiger partial charge in [-0.1, -0.05) is 48.0 Å². The lowest BCUT2D eigenvalue weighted by Crippen LogP contribution is -1.93. The Morgan fingerprint density at radius 3 is 2.39 bits per heavy atom. The zero-order valence-electron chi connectivity index (χ0n) is 10.1. The van der Waals surface area contributed by atoms with Crippen LogP contribution in [0, 0.1) is 6.92 Å². The average molecular weight is 238 g/mol. The average Bonchev–Trinajstić information content (AvgIpc) is 2.38. The van der Waals surface area contributed by atoms with Gasteiger partial charge in [-0.15, -0.1) is 0 Å². The van der Waals surface area contributed by atoms with Crippen LogP contribution >= 0.6 is 0 Å². The predicted octanol–water partition coefficient (Wildman–Crippen LogP) is 3.60. The van der Waals surface area contributed by atoms with Crippen molar-refractivity contribution in [3.05, 3.63) is 71.3 Å². The molecule has 2 rings (SSSR count). The van der Waals surface area contributed by atoms with Crippen molar-refractivity contribution in [2.45, 2.75) is 6.92 Å². The minimum absolute atomic E-state index is 0.0711. The highest BCUT2D eigenvalue weighted by molar-refractivity contribution is 6.06. The van der Waals surface area contributed by atoms with Crippen molar-refractivity contribution >= 4 is 11.9 Å². The summed E-state index contributed by atoms with van der Waals surface area (Å²) in [6.45, 7) is 1.98. The Kier molecular flexibility index (Phi) is 3.58. The summed E-state index contributed by atoms with van der Waals surface area (Å²) in [5.74, 6) is 0.101. The first-order chi connectivity index (χ1) is 8.66. The maximum absolute atomic E-state index is 11.9. The fraction of sp³-hybridized carbons (Fsp3) is 0.0625. The molecule has 0 fully saturated rings. The van der Waals surface area contributed by atoms with Crippen LogP contribution in [0.2, 0.25) is 0 Å². The molecule has 0 amide bonds. The van der Waals surface area contributed by atoms with Crippen molar-refractivity contribution in [2.24, 2.45) is 0 Å². The van der Waals surface area contributed by atoms with E-state index in [1.807, 2.05) is 25.1 Å². The number of phenols is 1. The van der Waals surface area contributed by atoms with Crippen LogP contribution in [0.25, 0.3) is 6.08 Å². The number of hydrogen-bond acceptors (Lipinski definition) is 2. The number of benzene rings is 2.